The van der Waals surface area contributed by atoms with Gasteiger partial charge in [-0.25, -0.2) is 0 Å². The minimum atomic E-state index is 0.700. The number of fused-ring (bicyclic) bond motifs is 4. The molecule has 0 saturated heterocycles. The quantitative estimate of drug-likeness (QED) is 0.201. The molecule has 0 radical (unpaired) electrons. The maximum atomic E-state index is 10.9. The van der Waals surface area contributed by atoms with Crippen LogP contribution in [0.25, 0.3) is 43.4 Å². The molecule has 5 aromatic rings. The van der Waals surface area contributed by atoms with Crippen LogP contribution in [-0.2, 0) is 0 Å². The Kier molecular flexibility index (Phi) is 3.32. The van der Waals surface area contributed by atoms with Crippen LogP contribution in [0.5, 0.6) is 0 Å². The molecule has 0 fully saturated rings. The third-order valence-electron chi connectivity index (χ3n) is 5.10. The van der Waals surface area contributed by atoms with E-state index in [1.165, 1.54) is 37.9 Å². The number of rotatable bonds is 2. The molecule has 0 bridgehead atoms. The summed E-state index contributed by atoms with van der Waals surface area (Å²) in [6.07, 6.45) is 0.880. The molecule has 0 heterocycles. The molecule has 0 spiro atoms. The van der Waals surface area contributed by atoms with E-state index in [0.717, 1.165) is 11.8 Å². The highest BCUT2D eigenvalue weighted by Crippen LogP contribution is 2.34. The van der Waals surface area contributed by atoms with Crippen molar-refractivity contribution in [1.82, 2.24) is 0 Å². The molecule has 26 heavy (non-hydrogen) atoms. The van der Waals surface area contributed by atoms with Crippen LogP contribution in [0.3, 0.4) is 0 Å². The van der Waals surface area contributed by atoms with E-state index in [9.17, 15) is 4.79 Å². The van der Waals surface area contributed by atoms with Gasteiger partial charge in [-0.3, -0.25) is 4.79 Å². The molecular formula is C25H16O. The summed E-state index contributed by atoms with van der Waals surface area (Å²) in [5, 5.41) is 7.53. The van der Waals surface area contributed by atoms with Crippen LogP contribution in [0.1, 0.15) is 10.4 Å². The van der Waals surface area contributed by atoms with Gasteiger partial charge in [0.25, 0.3) is 0 Å². The number of carbonyl (C=O) groups excluding carboxylic acids is 1. The van der Waals surface area contributed by atoms with E-state index in [1.807, 2.05) is 24.3 Å². The maximum Gasteiger partial charge on any atom is 0.150 e. The Morgan fingerprint density at radius 2 is 1.31 bits per heavy atom. The summed E-state index contributed by atoms with van der Waals surface area (Å²) in [7, 11) is 0. The van der Waals surface area contributed by atoms with E-state index in [-0.39, 0.29) is 0 Å². The first kappa shape index (κ1) is 14.9. The lowest BCUT2D eigenvalue weighted by molar-refractivity contribution is 0.112. The van der Waals surface area contributed by atoms with Gasteiger partial charge >= 0.3 is 0 Å². The molecule has 1 nitrogen and oxygen atoms in total. The largest absolute Gasteiger partial charge is 0.298 e. The first-order chi connectivity index (χ1) is 12.8. The summed E-state index contributed by atoms with van der Waals surface area (Å²) in [6, 6.07) is 31.7. The van der Waals surface area contributed by atoms with Crippen molar-refractivity contribution in [3.05, 3.63) is 96.6 Å². The Morgan fingerprint density at radius 1 is 0.538 bits per heavy atom. The average molecular weight is 332 g/mol. The Hall–Kier alpha value is -3.45. The third-order valence-corrected chi connectivity index (χ3v) is 5.10. The van der Waals surface area contributed by atoms with Crippen molar-refractivity contribution in [3.8, 4) is 11.1 Å². The Bertz CT molecular complexity index is 1280. The predicted octanol–water partition coefficient (Wildman–Crippen LogP) is 6.63. The SMILES string of the molecule is O=Cc1ccc(-c2cccc3c2ccc2cc4ccccc4cc23)cc1. The topological polar surface area (TPSA) is 17.1 Å². The molecular weight excluding hydrogens is 316 g/mol. The van der Waals surface area contributed by atoms with Crippen LogP contribution in [0.4, 0.5) is 0 Å². The van der Waals surface area contributed by atoms with E-state index >= 15 is 0 Å². The highest BCUT2D eigenvalue weighted by Gasteiger charge is 2.08. The summed E-state index contributed by atoms with van der Waals surface area (Å²) in [5.41, 5.74) is 3.02. The fourth-order valence-corrected chi connectivity index (χ4v) is 3.77. The molecule has 0 N–H and O–H groups in total. The zero-order valence-electron chi connectivity index (χ0n) is 14.1. The van der Waals surface area contributed by atoms with E-state index in [2.05, 4.69) is 66.7 Å². The molecule has 0 aliphatic heterocycles. The number of hydrogen-bond donors (Lipinski definition) is 0. The van der Waals surface area contributed by atoms with Crippen LogP contribution in [-0.4, -0.2) is 6.29 Å². The van der Waals surface area contributed by atoms with Gasteiger partial charge in [0.2, 0.25) is 0 Å². The lowest BCUT2D eigenvalue weighted by atomic mass is 9.93. The number of aldehydes is 1. The van der Waals surface area contributed by atoms with Crippen LogP contribution in [0, 0.1) is 0 Å². The van der Waals surface area contributed by atoms with Gasteiger partial charge in [0.15, 0.2) is 0 Å². The molecule has 0 unspecified atom stereocenters. The zero-order valence-corrected chi connectivity index (χ0v) is 14.1. The molecule has 0 aromatic heterocycles. The standard InChI is InChI=1S/C25H16O/c26-16-17-8-10-18(11-9-17)22-6-3-7-23-24(22)13-12-21-14-19-4-1-2-5-20(19)15-25(21)23/h1-16H. The van der Waals surface area contributed by atoms with Crippen molar-refractivity contribution in [2.75, 3.05) is 0 Å². The van der Waals surface area contributed by atoms with Crippen LogP contribution < -0.4 is 0 Å². The summed E-state index contributed by atoms with van der Waals surface area (Å²) < 4.78 is 0. The second kappa shape index (κ2) is 5.82. The van der Waals surface area contributed by atoms with E-state index < -0.39 is 0 Å². The third kappa shape index (κ3) is 2.29. The monoisotopic (exact) mass is 332 g/mol. The van der Waals surface area contributed by atoms with Crippen LogP contribution >= 0.6 is 0 Å². The second-order valence-electron chi connectivity index (χ2n) is 6.63. The molecule has 0 aliphatic carbocycles. The Balaban J connectivity index is 1.82. The van der Waals surface area contributed by atoms with Crippen LogP contribution in [0.2, 0.25) is 0 Å². The Morgan fingerprint density at radius 3 is 2.08 bits per heavy atom. The fraction of sp³-hybridized carbons (Fsp3) is 0. The molecule has 0 atom stereocenters. The molecule has 5 rings (SSSR count). The van der Waals surface area contributed by atoms with Gasteiger partial charge in [-0.2, -0.15) is 0 Å². The molecule has 0 amide bonds. The summed E-state index contributed by atoms with van der Waals surface area (Å²) in [6.45, 7) is 0. The number of carbonyl (C=O) groups is 1. The number of hydrogen-bond acceptors (Lipinski definition) is 1. The van der Waals surface area contributed by atoms with Gasteiger partial charge in [-0.1, -0.05) is 78.9 Å². The van der Waals surface area contributed by atoms with E-state index in [4.69, 9.17) is 0 Å². The van der Waals surface area contributed by atoms with Gasteiger partial charge in [0, 0.05) is 5.56 Å². The lowest BCUT2D eigenvalue weighted by Crippen LogP contribution is -1.85. The molecule has 1 heteroatoms. The summed E-state index contributed by atoms with van der Waals surface area (Å²) >= 11 is 0. The zero-order chi connectivity index (χ0) is 17.5. The highest BCUT2D eigenvalue weighted by atomic mass is 16.1. The molecule has 122 valence electrons. The first-order valence-electron chi connectivity index (χ1n) is 8.73. The highest BCUT2D eigenvalue weighted by molar-refractivity contribution is 6.15. The second-order valence-corrected chi connectivity index (χ2v) is 6.63. The first-order valence-corrected chi connectivity index (χ1v) is 8.73. The minimum absolute atomic E-state index is 0.700. The van der Waals surface area contributed by atoms with Gasteiger partial charge in [0.05, 0.1) is 0 Å². The van der Waals surface area contributed by atoms with Crippen molar-refractivity contribution in [1.29, 1.82) is 0 Å². The van der Waals surface area contributed by atoms with Crippen LogP contribution in [0.15, 0.2) is 91.0 Å². The Labute approximate surface area is 151 Å². The molecule has 0 aliphatic rings. The summed E-state index contributed by atoms with van der Waals surface area (Å²) in [4.78, 5) is 10.9. The van der Waals surface area contributed by atoms with Crippen molar-refractivity contribution in [2.45, 2.75) is 0 Å². The molecule has 5 aromatic carbocycles. The van der Waals surface area contributed by atoms with Gasteiger partial charge in [-0.15, -0.1) is 0 Å². The van der Waals surface area contributed by atoms with Crippen molar-refractivity contribution in [2.24, 2.45) is 0 Å². The maximum absolute atomic E-state index is 10.9. The van der Waals surface area contributed by atoms with E-state index in [1.54, 1.807) is 0 Å². The van der Waals surface area contributed by atoms with Gasteiger partial charge in [-0.05, 0) is 55.6 Å². The van der Waals surface area contributed by atoms with Gasteiger partial charge < -0.3 is 0 Å². The fourth-order valence-electron chi connectivity index (χ4n) is 3.77. The normalized spacial score (nSPS) is 11.2. The minimum Gasteiger partial charge on any atom is -0.298 e. The number of benzene rings is 5. The van der Waals surface area contributed by atoms with Crippen molar-refractivity contribution in [3.63, 3.8) is 0 Å². The lowest BCUT2D eigenvalue weighted by Gasteiger charge is -2.11. The van der Waals surface area contributed by atoms with Crippen molar-refractivity contribution < 1.29 is 4.79 Å². The molecule has 0 saturated carbocycles. The van der Waals surface area contributed by atoms with E-state index in [0.29, 0.717) is 5.56 Å². The average Bonchev–Trinajstić information content (AvgIpc) is 2.72. The van der Waals surface area contributed by atoms with Gasteiger partial charge in [0.1, 0.15) is 6.29 Å². The van der Waals surface area contributed by atoms with Crippen molar-refractivity contribution >= 4 is 38.6 Å². The predicted molar refractivity (Wildman–Crippen MR) is 110 cm³/mol. The smallest absolute Gasteiger partial charge is 0.150 e. The summed E-state index contributed by atoms with van der Waals surface area (Å²) in [5.74, 6) is 0.